The Balaban J connectivity index is 1.24. The van der Waals surface area contributed by atoms with E-state index < -0.39 is 65.6 Å². The van der Waals surface area contributed by atoms with Gasteiger partial charge in [0.25, 0.3) is 10.0 Å². The minimum atomic E-state index is -4.27. The molecule has 4 aromatic carbocycles. The van der Waals surface area contributed by atoms with Crippen LogP contribution in [0.25, 0.3) is 28.4 Å². The molecule has 0 amide bonds. The van der Waals surface area contributed by atoms with Crippen molar-refractivity contribution in [3.63, 3.8) is 0 Å². The molecule has 3 heterocycles. The van der Waals surface area contributed by atoms with Crippen molar-refractivity contribution in [3.05, 3.63) is 130 Å². The zero-order chi connectivity index (χ0) is 41.9. The van der Waals surface area contributed by atoms with E-state index in [4.69, 9.17) is 9.47 Å². The van der Waals surface area contributed by atoms with Gasteiger partial charge in [-0.3, -0.25) is 0 Å². The summed E-state index contributed by atoms with van der Waals surface area (Å²) in [5.41, 5.74) is 1.36. The van der Waals surface area contributed by atoms with Crippen LogP contribution in [0, 0.1) is 24.4 Å². The fraction of sp³-hybridized carbons (Fsp3) is 0.238. The fourth-order valence-electron chi connectivity index (χ4n) is 6.77. The minimum absolute atomic E-state index is 0.0523. The lowest BCUT2D eigenvalue weighted by Crippen LogP contribution is -2.31. The third kappa shape index (κ3) is 7.78. The number of sulfone groups is 1. The van der Waals surface area contributed by atoms with Crippen molar-refractivity contribution in [2.45, 2.75) is 62.5 Å². The van der Waals surface area contributed by atoms with E-state index in [0.29, 0.717) is 24.4 Å². The summed E-state index contributed by atoms with van der Waals surface area (Å²) in [6, 6.07) is 15.6. The lowest BCUT2D eigenvalue weighted by molar-refractivity contribution is -0.149. The molecule has 2 N–H and O–H groups in total. The van der Waals surface area contributed by atoms with E-state index in [9.17, 15) is 21.6 Å². The minimum Gasteiger partial charge on any atom is -0.457 e. The number of carbonyl (C=O) groups is 1. The lowest BCUT2D eigenvalue weighted by atomic mass is 9.95. The number of carbonyl (C=O) groups excluding carboxylic acids is 1. The van der Waals surface area contributed by atoms with Gasteiger partial charge in [0, 0.05) is 59.3 Å². The maximum absolute atomic E-state index is 16.1. The largest absolute Gasteiger partial charge is 0.457 e. The third-order valence-corrected chi connectivity index (χ3v) is 12.3. The van der Waals surface area contributed by atoms with Crippen LogP contribution in [0.2, 0.25) is 0 Å². The summed E-state index contributed by atoms with van der Waals surface area (Å²) >= 11 is 0. The number of aryl methyl sites for hydroxylation is 1. The number of nitrogens with one attached hydrogen (secondary N) is 2. The van der Waals surface area contributed by atoms with Gasteiger partial charge in [-0.15, -0.1) is 0 Å². The molecule has 0 saturated carbocycles. The second-order valence-electron chi connectivity index (χ2n) is 15.1. The number of halogens is 3. The molecule has 11 nitrogen and oxygen atoms in total. The Morgan fingerprint density at radius 2 is 1.69 bits per heavy atom. The van der Waals surface area contributed by atoms with E-state index in [2.05, 4.69) is 15.3 Å². The number of ether oxygens (including phenoxy) is 2. The first-order valence-corrected chi connectivity index (χ1v) is 21.4. The molecule has 1 unspecified atom stereocenters. The molecule has 7 rings (SSSR count). The van der Waals surface area contributed by atoms with Gasteiger partial charge in [-0.25, -0.2) is 43.8 Å². The van der Waals surface area contributed by atoms with Crippen LogP contribution in [0.4, 0.5) is 13.2 Å². The van der Waals surface area contributed by atoms with E-state index in [1.807, 2.05) is 0 Å². The first kappa shape index (κ1) is 40.5. The van der Waals surface area contributed by atoms with Crippen molar-refractivity contribution in [3.8, 4) is 22.9 Å². The number of imidazole rings is 1. The van der Waals surface area contributed by atoms with Crippen molar-refractivity contribution in [1.82, 2.24) is 19.3 Å². The fourth-order valence-corrected chi connectivity index (χ4v) is 9.16. The molecular formula is C42H39F3N4O7S2. The number of rotatable bonds is 9. The second-order valence-corrected chi connectivity index (χ2v) is 18.8. The highest BCUT2D eigenvalue weighted by atomic mass is 32.2. The van der Waals surface area contributed by atoms with Crippen molar-refractivity contribution >= 4 is 42.8 Å². The van der Waals surface area contributed by atoms with Crippen LogP contribution < -0.4 is 10.1 Å². The van der Waals surface area contributed by atoms with Crippen LogP contribution in [0.1, 0.15) is 61.8 Å². The molecule has 1 aliphatic rings. The summed E-state index contributed by atoms with van der Waals surface area (Å²) in [5, 5.41) is 3.15. The Bertz CT molecular complexity index is 2880. The SMILES string of the molecule is C/C(=C\c1cccc(C2NCCc3[nH]c(-c4cc(Oc5c(F)cc6c(ccn6S(=O)(=O)c6ccc(C)cc6)c5S(C)(=O)=O)ccc4F)nc32)c1F)C(=O)OC(C)(C)C. The maximum Gasteiger partial charge on any atom is 0.334 e. The molecule has 0 radical (unpaired) electrons. The number of fused-ring (bicyclic) bond motifs is 2. The Kier molecular flexibility index (Phi) is 10.4. The van der Waals surface area contributed by atoms with Crippen LogP contribution in [0.5, 0.6) is 11.5 Å². The van der Waals surface area contributed by atoms with Crippen LogP contribution in [0.15, 0.2) is 94.4 Å². The van der Waals surface area contributed by atoms with E-state index in [-0.39, 0.29) is 49.6 Å². The molecule has 0 fully saturated rings. The van der Waals surface area contributed by atoms with E-state index >= 15 is 13.2 Å². The smallest absolute Gasteiger partial charge is 0.334 e. The molecule has 302 valence electrons. The van der Waals surface area contributed by atoms with Gasteiger partial charge in [-0.2, -0.15) is 0 Å². The molecule has 0 aliphatic carbocycles. The summed E-state index contributed by atoms with van der Waals surface area (Å²) in [6.07, 6.45) is 3.83. The molecule has 1 aliphatic heterocycles. The molecule has 0 spiro atoms. The number of nitrogens with zero attached hydrogens (tertiary/aromatic N) is 2. The molecule has 58 heavy (non-hydrogen) atoms. The zero-order valence-corrected chi connectivity index (χ0v) is 33.9. The molecule has 2 aromatic heterocycles. The topological polar surface area (TPSA) is 149 Å². The van der Waals surface area contributed by atoms with Crippen LogP contribution in [-0.2, 0) is 35.8 Å². The number of aromatic nitrogens is 3. The van der Waals surface area contributed by atoms with Gasteiger partial charge in [-0.05, 0) is 77.1 Å². The predicted octanol–water partition coefficient (Wildman–Crippen LogP) is 8.17. The maximum atomic E-state index is 16.1. The third-order valence-electron chi connectivity index (χ3n) is 9.45. The van der Waals surface area contributed by atoms with Crippen molar-refractivity contribution in [2.24, 2.45) is 0 Å². The molecule has 0 bridgehead atoms. The predicted molar refractivity (Wildman–Crippen MR) is 212 cm³/mol. The Labute approximate surface area is 333 Å². The van der Waals surface area contributed by atoms with Gasteiger partial charge in [0.1, 0.15) is 33.7 Å². The van der Waals surface area contributed by atoms with Crippen LogP contribution in [0.3, 0.4) is 0 Å². The molecule has 6 aromatic rings. The summed E-state index contributed by atoms with van der Waals surface area (Å²) in [5.74, 6) is -3.91. The summed E-state index contributed by atoms with van der Waals surface area (Å²) in [4.78, 5) is 19.7. The summed E-state index contributed by atoms with van der Waals surface area (Å²) in [7, 11) is -8.52. The normalized spacial score (nSPS) is 15.1. The number of hydrogen-bond acceptors (Lipinski definition) is 9. The zero-order valence-electron chi connectivity index (χ0n) is 32.3. The number of H-pyrrole nitrogens is 1. The van der Waals surface area contributed by atoms with Crippen LogP contribution >= 0.6 is 0 Å². The van der Waals surface area contributed by atoms with E-state index in [0.717, 1.165) is 34.1 Å². The Morgan fingerprint density at radius 3 is 2.38 bits per heavy atom. The van der Waals surface area contributed by atoms with Gasteiger partial charge in [-0.1, -0.05) is 35.9 Å². The number of esters is 1. The average Bonchev–Trinajstić information content (AvgIpc) is 3.77. The molecular weight excluding hydrogens is 794 g/mol. The Morgan fingerprint density at radius 1 is 0.966 bits per heavy atom. The summed E-state index contributed by atoms with van der Waals surface area (Å²) < 4.78 is 113. The first-order valence-electron chi connectivity index (χ1n) is 18.1. The average molecular weight is 833 g/mol. The highest BCUT2D eigenvalue weighted by Gasteiger charge is 2.31. The monoisotopic (exact) mass is 832 g/mol. The van der Waals surface area contributed by atoms with Crippen LogP contribution in [-0.4, -0.2) is 55.1 Å². The van der Waals surface area contributed by atoms with E-state index in [1.165, 1.54) is 49.4 Å². The van der Waals surface area contributed by atoms with E-state index in [1.54, 1.807) is 52.0 Å². The quantitative estimate of drug-likeness (QED) is 0.109. The van der Waals surface area contributed by atoms with Gasteiger partial charge in [0.15, 0.2) is 21.4 Å². The van der Waals surface area contributed by atoms with Gasteiger partial charge >= 0.3 is 5.97 Å². The van der Waals surface area contributed by atoms with Crippen molar-refractivity contribution in [1.29, 1.82) is 0 Å². The van der Waals surface area contributed by atoms with Gasteiger partial charge in [0.05, 0.1) is 27.7 Å². The van der Waals surface area contributed by atoms with Crippen molar-refractivity contribution < 1.29 is 44.3 Å². The standard InChI is InChI=1S/C42H39F3N4O7S2/c1-23-10-13-27(14-11-23)58(53,54)49-19-17-28-34(49)22-32(44)38(39(28)57(6,51)52)55-26-12-15-31(43)30(21-26)40-47-33-16-18-46-36(37(33)48-40)29-9-7-8-25(35(29)45)20-24(2)41(50)56-42(3,4)5/h7-15,17,19-22,36,46H,16,18H2,1-6H3,(H,47,48)/b24-20+. The number of hydrogen-bond donors (Lipinski definition) is 2. The highest BCUT2D eigenvalue weighted by molar-refractivity contribution is 7.91. The lowest BCUT2D eigenvalue weighted by Gasteiger charge is -2.24. The second kappa shape index (κ2) is 14.9. The highest BCUT2D eigenvalue weighted by Crippen LogP contribution is 2.41. The van der Waals surface area contributed by atoms with Crippen molar-refractivity contribution in [2.75, 3.05) is 12.8 Å². The Hall–Kier alpha value is -5.71. The number of aromatic amines is 1. The number of benzene rings is 4. The first-order chi connectivity index (χ1) is 27.2. The molecule has 1 atom stereocenters. The molecule has 16 heteroatoms. The molecule has 0 saturated heterocycles. The van der Waals surface area contributed by atoms with Gasteiger partial charge < -0.3 is 19.8 Å². The summed E-state index contributed by atoms with van der Waals surface area (Å²) in [6.45, 7) is 8.95. The van der Waals surface area contributed by atoms with Gasteiger partial charge in [0.2, 0.25) is 0 Å².